The Morgan fingerprint density at radius 1 is 0.821 bits per heavy atom. The Balaban J connectivity index is 2.03. The molecule has 3 rings (SSSR count). The largest absolute Gasteiger partial charge is 0.379 e. The van der Waals surface area contributed by atoms with E-state index in [0.29, 0.717) is 13.1 Å². The molecule has 0 atom stereocenters. The van der Waals surface area contributed by atoms with Crippen LogP contribution in [0.25, 0.3) is 0 Å². The third-order valence-corrected chi connectivity index (χ3v) is 5.64. The van der Waals surface area contributed by atoms with Gasteiger partial charge >= 0.3 is 0 Å². The number of nitrogens with one attached hydrogen (secondary N) is 2. The third kappa shape index (κ3) is 3.97. The predicted octanol–water partition coefficient (Wildman–Crippen LogP) is 1.41. The number of carbonyl (C=O) groups is 2. The number of Topliss-reactive ketones (excluding diaryl/α,β-unsaturated/α-hetero) is 2. The predicted molar refractivity (Wildman–Crippen MR) is 105 cm³/mol. The van der Waals surface area contributed by atoms with Crippen molar-refractivity contribution in [1.82, 2.24) is 14.9 Å². The number of hydrogen-bond donors (Lipinski definition) is 2. The number of hydrogen-bond acceptors (Lipinski definition) is 6. The molecule has 2 aromatic rings. The van der Waals surface area contributed by atoms with Crippen molar-refractivity contribution < 1.29 is 18.0 Å². The van der Waals surface area contributed by atoms with Gasteiger partial charge in [0.25, 0.3) is 10.0 Å². The fourth-order valence-electron chi connectivity index (χ4n) is 2.84. The standard InChI is InChI=1S/C20H21N3O4S/c1-23(2)13-12-21-17-18(22-28(26,27)14-8-4-3-5-9-14)20(25)16-11-7-6-10-15(16)19(17)24/h3-11,21-22H,12-13H2,1-2H3. The van der Waals surface area contributed by atoms with E-state index in [1.54, 1.807) is 36.4 Å². The Morgan fingerprint density at radius 3 is 1.93 bits per heavy atom. The third-order valence-electron chi connectivity index (χ3n) is 4.27. The molecule has 0 aromatic heterocycles. The highest BCUT2D eigenvalue weighted by molar-refractivity contribution is 7.89. The van der Waals surface area contributed by atoms with Gasteiger partial charge in [-0.3, -0.25) is 14.3 Å². The first-order valence-electron chi connectivity index (χ1n) is 8.70. The van der Waals surface area contributed by atoms with Crippen LogP contribution < -0.4 is 10.0 Å². The lowest BCUT2D eigenvalue weighted by atomic mass is 9.90. The summed E-state index contributed by atoms with van der Waals surface area (Å²) in [4.78, 5) is 27.9. The van der Waals surface area contributed by atoms with E-state index in [1.807, 2.05) is 19.0 Å². The van der Waals surface area contributed by atoms with E-state index in [0.717, 1.165) is 0 Å². The molecule has 28 heavy (non-hydrogen) atoms. The summed E-state index contributed by atoms with van der Waals surface area (Å²) < 4.78 is 27.8. The van der Waals surface area contributed by atoms with Crippen molar-refractivity contribution in [3.05, 3.63) is 77.1 Å². The lowest BCUT2D eigenvalue weighted by molar-refractivity contribution is 0.0965. The summed E-state index contributed by atoms with van der Waals surface area (Å²) in [7, 11) is -0.278. The molecule has 2 aromatic carbocycles. The monoisotopic (exact) mass is 399 g/mol. The van der Waals surface area contributed by atoms with Crippen LogP contribution in [-0.4, -0.2) is 52.1 Å². The second-order valence-electron chi connectivity index (χ2n) is 6.60. The summed E-state index contributed by atoms with van der Waals surface area (Å²) in [6, 6.07) is 14.1. The highest BCUT2D eigenvalue weighted by Crippen LogP contribution is 2.25. The Morgan fingerprint density at radius 2 is 1.36 bits per heavy atom. The molecule has 0 saturated carbocycles. The second-order valence-corrected chi connectivity index (χ2v) is 8.28. The summed E-state index contributed by atoms with van der Waals surface area (Å²) >= 11 is 0. The Kier molecular flexibility index (Phi) is 5.62. The van der Waals surface area contributed by atoms with Gasteiger partial charge in [-0.15, -0.1) is 0 Å². The summed E-state index contributed by atoms with van der Waals surface area (Å²) in [5.74, 6) is -0.957. The van der Waals surface area contributed by atoms with Crippen molar-refractivity contribution in [2.24, 2.45) is 0 Å². The average Bonchev–Trinajstić information content (AvgIpc) is 2.68. The molecule has 0 heterocycles. The zero-order valence-corrected chi connectivity index (χ0v) is 16.4. The number of rotatable bonds is 7. The van der Waals surface area contributed by atoms with Crippen molar-refractivity contribution in [1.29, 1.82) is 0 Å². The van der Waals surface area contributed by atoms with Crippen molar-refractivity contribution in [3.8, 4) is 0 Å². The molecule has 1 aliphatic carbocycles. The molecule has 146 valence electrons. The molecule has 8 heteroatoms. The van der Waals surface area contributed by atoms with E-state index < -0.39 is 21.6 Å². The zero-order chi connectivity index (χ0) is 20.3. The van der Waals surface area contributed by atoms with Gasteiger partial charge in [-0.2, -0.15) is 0 Å². The van der Waals surface area contributed by atoms with Gasteiger partial charge < -0.3 is 10.2 Å². The van der Waals surface area contributed by atoms with Crippen molar-refractivity contribution in [2.45, 2.75) is 4.90 Å². The van der Waals surface area contributed by atoms with E-state index in [9.17, 15) is 18.0 Å². The highest BCUT2D eigenvalue weighted by atomic mass is 32.2. The minimum absolute atomic E-state index is 0.00856. The van der Waals surface area contributed by atoms with Crippen LogP contribution in [0.3, 0.4) is 0 Å². The molecule has 0 unspecified atom stereocenters. The van der Waals surface area contributed by atoms with E-state index in [4.69, 9.17) is 0 Å². The van der Waals surface area contributed by atoms with Gasteiger partial charge in [0, 0.05) is 24.2 Å². The number of ketones is 2. The lowest BCUT2D eigenvalue weighted by Crippen LogP contribution is -2.39. The fraction of sp³-hybridized carbons (Fsp3) is 0.200. The second kappa shape index (κ2) is 7.95. The molecule has 7 nitrogen and oxygen atoms in total. The van der Waals surface area contributed by atoms with Gasteiger partial charge in [-0.1, -0.05) is 42.5 Å². The number of carbonyl (C=O) groups excluding carboxylic acids is 2. The molecular weight excluding hydrogens is 378 g/mol. The summed E-state index contributed by atoms with van der Waals surface area (Å²) in [6.07, 6.45) is 0. The van der Waals surface area contributed by atoms with E-state index >= 15 is 0 Å². The van der Waals surface area contributed by atoms with Gasteiger partial charge in [0.15, 0.2) is 0 Å². The van der Waals surface area contributed by atoms with Crippen molar-refractivity contribution in [3.63, 3.8) is 0 Å². The van der Waals surface area contributed by atoms with E-state index in [1.165, 1.54) is 18.2 Å². The zero-order valence-electron chi connectivity index (χ0n) is 15.6. The van der Waals surface area contributed by atoms with Gasteiger partial charge in [-0.05, 0) is 26.2 Å². The number of likely N-dealkylation sites (N-methyl/N-ethyl adjacent to an activating group) is 1. The lowest BCUT2D eigenvalue weighted by Gasteiger charge is -2.23. The maximum absolute atomic E-state index is 13.0. The molecule has 2 N–H and O–H groups in total. The molecule has 1 aliphatic rings. The van der Waals surface area contributed by atoms with Crippen LogP contribution in [0.15, 0.2) is 70.9 Å². The van der Waals surface area contributed by atoms with Crippen molar-refractivity contribution in [2.75, 3.05) is 27.2 Å². The molecular formula is C20H21N3O4S. The Bertz CT molecular complexity index is 1040. The minimum Gasteiger partial charge on any atom is -0.379 e. The van der Waals surface area contributed by atoms with Crippen LogP contribution in [0.2, 0.25) is 0 Å². The summed E-state index contributed by atoms with van der Waals surface area (Å²) in [5, 5.41) is 2.94. The molecule has 0 bridgehead atoms. The summed E-state index contributed by atoms with van der Waals surface area (Å²) in [5.41, 5.74) is 0.135. The van der Waals surface area contributed by atoms with Gasteiger partial charge in [0.1, 0.15) is 11.4 Å². The maximum Gasteiger partial charge on any atom is 0.262 e. The number of allylic oxidation sites excluding steroid dienone is 2. The number of sulfonamides is 1. The minimum atomic E-state index is -4.02. The van der Waals surface area contributed by atoms with Crippen LogP contribution in [-0.2, 0) is 10.0 Å². The Labute approximate surface area is 164 Å². The van der Waals surface area contributed by atoms with Crippen LogP contribution in [0.4, 0.5) is 0 Å². The normalized spacial score (nSPS) is 14.2. The van der Waals surface area contributed by atoms with Gasteiger partial charge in [0.05, 0.1) is 4.90 Å². The summed E-state index contributed by atoms with van der Waals surface area (Å²) in [6.45, 7) is 0.978. The fourth-order valence-corrected chi connectivity index (χ4v) is 3.94. The quantitative estimate of drug-likeness (QED) is 0.731. The van der Waals surface area contributed by atoms with Gasteiger partial charge in [-0.25, -0.2) is 8.42 Å². The number of fused-ring (bicyclic) bond motifs is 1. The first-order chi connectivity index (χ1) is 13.3. The maximum atomic E-state index is 13.0. The van der Waals surface area contributed by atoms with Crippen LogP contribution in [0.5, 0.6) is 0 Å². The topological polar surface area (TPSA) is 95.6 Å². The highest BCUT2D eigenvalue weighted by Gasteiger charge is 2.34. The first-order valence-corrected chi connectivity index (χ1v) is 10.2. The van der Waals surface area contributed by atoms with Crippen molar-refractivity contribution >= 4 is 21.6 Å². The van der Waals surface area contributed by atoms with Crippen LogP contribution in [0.1, 0.15) is 20.7 Å². The molecule has 0 amide bonds. The Hall–Kier alpha value is -2.97. The van der Waals surface area contributed by atoms with E-state index in [2.05, 4.69) is 10.0 Å². The molecule has 0 aliphatic heterocycles. The van der Waals surface area contributed by atoms with Gasteiger partial charge in [0.2, 0.25) is 11.6 Å². The van der Waals surface area contributed by atoms with Crippen LogP contribution >= 0.6 is 0 Å². The molecule has 0 saturated heterocycles. The number of nitrogens with zero attached hydrogens (tertiary/aromatic N) is 1. The van der Waals surface area contributed by atoms with Crippen LogP contribution in [0, 0.1) is 0 Å². The SMILES string of the molecule is CN(C)CCNC1=C(NS(=O)(=O)c2ccccc2)C(=O)c2ccccc2C1=O. The average molecular weight is 399 g/mol. The smallest absolute Gasteiger partial charge is 0.262 e. The molecule has 0 fully saturated rings. The molecule has 0 radical (unpaired) electrons. The molecule has 0 spiro atoms. The van der Waals surface area contributed by atoms with E-state index in [-0.39, 0.29) is 27.4 Å². The number of benzene rings is 2. The first kappa shape index (κ1) is 19.8.